The number of aromatic nitrogens is 2. The summed E-state index contributed by atoms with van der Waals surface area (Å²) in [7, 11) is -3.58. The van der Waals surface area contributed by atoms with E-state index in [1.807, 2.05) is 0 Å². The Labute approximate surface area is 124 Å². The van der Waals surface area contributed by atoms with Gasteiger partial charge in [0.2, 0.25) is 10.0 Å². The zero-order chi connectivity index (χ0) is 14.9. The maximum Gasteiger partial charge on any atom is 0.242 e. The number of hydrogen-bond donors (Lipinski definition) is 3. The Morgan fingerprint density at radius 3 is 2.86 bits per heavy atom. The van der Waals surface area contributed by atoms with E-state index in [0.29, 0.717) is 11.0 Å². The minimum absolute atomic E-state index is 0.227. The van der Waals surface area contributed by atoms with Crippen molar-refractivity contribution in [2.45, 2.75) is 42.5 Å². The molecule has 0 radical (unpaired) electrons. The van der Waals surface area contributed by atoms with Gasteiger partial charge in [-0.25, -0.2) is 18.1 Å². The number of nitrogens with zero attached hydrogens (tertiary/aromatic N) is 1. The normalized spacial score (nSPS) is 18.9. The van der Waals surface area contributed by atoms with Crippen molar-refractivity contribution in [1.82, 2.24) is 14.7 Å². The van der Waals surface area contributed by atoms with Crippen molar-refractivity contribution >= 4 is 21.1 Å². The molecule has 0 atom stereocenters. The van der Waals surface area contributed by atoms with Gasteiger partial charge in [-0.3, -0.25) is 0 Å². The van der Waals surface area contributed by atoms with E-state index >= 15 is 0 Å². The number of fused-ring (bicyclic) bond motifs is 1. The van der Waals surface area contributed by atoms with E-state index < -0.39 is 15.6 Å². The lowest BCUT2D eigenvalue weighted by atomic mass is 9.83. The Balaban J connectivity index is 1.81. The molecule has 0 saturated heterocycles. The Morgan fingerprint density at radius 2 is 2.10 bits per heavy atom. The predicted molar refractivity (Wildman–Crippen MR) is 81.3 cm³/mol. The highest BCUT2D eigenvalue weighted by atomic mass is 32.2. The number of sulfonamides is 1. The fraction of sp³-hybridized carbons (Fsp3) is 0.500. The first-order chi connectivity index (χ1) is 10.0. The van der Waals surface area contributed by atoms with Gasteiger partial charge >= 0.3 is 0 Å². The monoisotopic (exact) mass is 308 g/mol. The molecule has 1 aliphatic rings. The molecule has 3 rings (SSSR count). The van der Waals surface area contributed by atoms with E-state index in [-0.39, 0.29) is 11.4 Å². The fourth-order valence-corrected chi connectivity index (χ4v) is 4.20. The van der Waals surface area contributed by atoms with Crippen molar-refractivity contribution in [2.75, 3.05) is 6.54 Å². The lowest BCUT2D eigenvalue weighted by molar-refractivity contribution is 0.296. The molecule has 7 heteroatoms. The van der Waals surface area contributed by atoms with Gasteiger partial charge in [-0.2, -0.15) is 0 Å². The maximum atomic E-state index is 12.5. The summed E-state index contributed by atoms with van der Waals surface area (Å²) in [6, 6.07) is 3.47. The van der Waals surface area contributed by atoms with Crippen LogP contribution in [0, 0.1) is 0 Å². The lowest BCUT2D eigenvalue weighted by Gasteiger charge is -2.33. The van der Waals surface area contributed by atoms with Crippen molar-refractivity contribution in [1.29, 1.82) is 0 Å². The topological polar surface area (TPSA) is 101 Å². The summed E-state index contributed by atoms with van der Waals surface area (Å²) in [5, 5.41) is 0.597. The van der Waals surface area contributed by atoms with Crippen molar-refractivity contribution in [3.05, 3.63) is 24.5 Å². The van der Waals surface area contributed by atoms with Crippen LogP contribution in [0.1, 0.15) is 32.1 Å². The van der Waals surface area contributed by atoms with E-state index in [2.05, 4.69) is 14.7 Å². The van der Waals surface area contributed by atoms with E-state index in [0.717, 1.165) is 25.7 Å². The van der Waals surface area contributed by atoms with Gasteiger partial charge in [-0.1, -0.05) is 19.3 Å². The Bertz CT molecular complexity index is 732. The second-order valence-corrected chi connectivity index (χ2v) is 7.54. The summed E-state index contributed by atoms with van der Waals surface area (Å²) in [6.45, 7) is 0.280. The first kappa shape index (κ1) is 14.5. The maximum absolute atomic E-state index is 12.5. The third kappa shape index (κ3) is 2.95. The molecule has 2 aromatic rings. The zero-order valence-electron chi connectivity index (χ0n) is 11.8. The number of rotatable bonds is 4. The smallest absolute Gasteiger partial charge is 0.242 e. The molecule has 6 nitrogen and oxygen atoms in total. The van der Waals surface area contributed by atoms with Crippen LogP contribution in [0.25, 0.3) is 11.0 Å². The van der Waals surface area contributed by atoms with Gasteiger partial charge in [0.05, 0.1) is 0 Å². The molecule has 4 N–H and O–H groups in total. The molecule has 0 amide bonds. The van der Waals surface area contributed by atoms with Crippen LogP contribution < -0.4 is 10.5 Å². The summed E-state index contributed by atoms with van der Waals surface area (Å²) in [5.74, 6) is 0. The Morgan fingerprint density at radius 1 is 1.33 bits per heavy atom. The molecule has 114 valence electrons. The van der Waals surface area contributed by atoms with Crippen LogP contribution in [0.2, 0.25) is 0 Å². The van der Waals surface area contributed by atoms with Crippen LogP contribution in [0.4, 0.5) is 0 Å². The summed E-state index contributed by atoms with van der Waals surface area (Å²) < 4.78 is 27.6. The van der Waals surface area contributed by atoms with Crippen molar-refractivity contribution in [3.63, 3.8) is 0 Å². The average molecular weight is 308 g/mol. The molecular formula is C14H20N4O2S. The molecule has 0 spiro atoms. The molecular weight excluding hydrogens is 288 g/mol. The molecule has 2 aromatic heterocycles. The standard InChI is InChI=1S/C14H20N4O2S/c15-14(6-2-1-3-7-14)10-18-21(19,20)12-9-17-13-11(12)5-4-8-16-13/h4-5,8-9,18H,1-3,6-7,10,15H2,(H,16,17). The van der Waals surface area contributed by atoms with Gasteiger partial charge in [0.15, 0.2) is 0 Å². The minimum atomic E-state index is -3.58. The zero-order valence-corrected chi connectivity index (χ0v) is 12.6. The predicted octanol–water partition coefficient (Wildman–Crippen LogP) is 1.50. The van der Waals surface area contributed by atoms with Gasteiger partial charge in [0, 0.05) is 29.9 Å². The second kappa shape index (κ2) is 5.40. The molecule has 0 aliphatic heterocycles. The highest BCUT2D eigenvalue weighted by Crippen LogP contribution is 2.26. The largest absolute Gasteiger partial charge is 0.345 e. The van der Waals surface area contributed by atoms with Crippen molar-refractivity contribution in [3.8, 4) is 0 Å². The third-order valence-corrected chi connectivity index (χ3v) is 5.61. The van der Waals surface area contributed by atoms with Crippen LogP contribution in [0.5, 0.6) is 0 Å². The van der Waals surface area contributed by atoms with E-state index in [9.17, 15) is 8.42 Å². The fourth-order valence-electron chi connectivity index (χ4n) is 2.90. The summed E-state index contributed by atoms with van der Waals surface area (Å²) in [6.07, 6.45) is 8.14. The summed E-state index contributed by atoms with van der Waals surface area (Å²) >= 11 is 0. The number of aromatic amines is 1. The Hall–Kier alpha value is -1.44. The van der Waals surface area contributed by atoms with Crippen LogP contribution in [0.15, 0.2) is 29.4 Å². The SMILES string of the molecule is NC1(CNS(=O)(=O)c2c[nH]c3ncccc23)CCCCC1. The van der Waals surface area contributed by atoms with Crippen molar-refractivity contribution in [2.24, 2.45) is 5.73 Å². The van der Waals surface area contributed by atoms with E-state index in [1.165, 1.54) is 12.6 Å². The molecule has 1 saturated carbocycles. The molecule has 1 aliphatic carbocycles. The summed E-state index contributed by atoms with van der Waals surface area (Å²) in [4.78, 5) is 7.21. The van der Waals surface area contributed by atoms with Gasteiger partial charge in [-0.15, -0.1) is 0 Å². The number of nitrogens with one attached hydrogen (secondary N) is 2. The van der Waals surface area contributed by atoms with Gasteiger partial charge in [0.25, 0.3) is 0 Å². The van der Waals surface area contributed by atoms with Gasteiger partial charge in [-0.05, 0) is 25.0 Å². The van der Waals surface area contributed by atoms with E-state index in [4.69, 9.17) is 5.73 Å². The quantitative estimate of drug-likeness (QED) is 0.796. The van der Waals surface area contributed by atoms with Crippen LogP contribution in [-0.4, -0.2) is 30.5 Å². The number of H-pyrrole nitrogens is 1. The van der Waals surface area contributed by atoms with Gasteiger partial charge in [0.1, 0.15) is 10.5 Å². The average Bonchev–Trinajstić information content (AvgIpc) is 2.91. The highest BCUT2D eigenvalue weighted by molar-refractivity contribution is 7.89. The van der Waals surface area contributed by atoms with Crippen LogP contribution >= 0.6 is 0 Å². The number of nitrogens with two attached hydrogens (primary N) is 1. The van der Waals surface area contributed by atoms with Gasteiger partial charge < -0.3 is 10.7 Å². The number of hydrogen-bond acceptors (Lipinski definition) is 4. The first-order valence-corrected chi connectivity index (χ1v) is 8.69. The first-order valence-electron chi connectivity index (χ1n) is 7.21. The molecule has 0 unspecified atom stereocenters. The lowest BCUT2D eigenvalue weighted by Crippen LogP contribution is -2.51. The minimum Gasteiger partial charge on any atom is -0.345 e. The summed E-state index contributed by atoms with van der Waals surface area (Å²) in [5.41, 5.74) is 6.43. The second-order valence-electron chi connectivity index (χ2n) is 5.80. The molecule has 1 fully saturated rings. The highest BCUT2D eigenvalue weighted by Gasteiger charge is 2.30. The number of pyridine rings is 1. The Kier molecular flexibility index (Phi) is 3.73. The molecule has 0 aromatic carbocycles. The molecule has 0 bridgehead atoms. The van der Waals surface area contributed by atoms with Crippen LogP contribution in [-0.2, 0) is 10.0 Å². The molecule has 2 heterocycles. The van der Waals surface area contributed by atoms with E-state index in [1.54, 1.807) is 18.3 Å². The van der Waals surface area contributed by atoms with Crippen LogP contribution in [0.3, 0.4) is 0 Å². The third-order valence-electron chi connectivity index (χ3n) is 4.17. The molecule has 21 heavy (non-hydrogen) atoms. The van der Waals surface area contributed by atoms with Crippen molar-refractivity contribution < 1.29 is 8.42 Å².